The van der Waals surface area contributed by atoms with Gasteiger partial charge in [0.1, 0.15) is 5.76 Å². The third-order valence-corrected chi connectivity index (χ3v) is 4.26. The summed E-state index contributed by atoms with van der Waals surface area (Å²) in [6.07, 6.45) is 0. The van der Waals surface area contributed by atoms with E-state index in [9.17, 15) is 0 Å². The summed E-state index contributed by atoms with van der Waals surface area (Å²) in [5.74, 6) is 2.00. The summed E-state index contributed by atoms with van der Waals surface area (Å²) < 4.78 is 5.26. The van der Waals surface area contributed by atoms with Crippen LogP contribution in [0.25, 0.3) is 0 Å². The fraction of sp³-hybridized carbons (Fsp3) is 0.444. The number of aryl methyl sites for hydroxylation is 2. The van der Waals surface area contributed by atoms with Gasteiger partial charge in [-0.25, -0.2) is 0 Å². The van der Waals surface area contributed by atoms with Crippen molar-refractivity contribution in [1.82, 2.24) is 15.4 Å². The lowest BCUT2D eigenvalue weighted by Gasteiger charge is -2.23. The SMILES string of the molecule is CN=C(NCC(C)c1c(C)noc1C)N(C)Cc1cccc(Cl)c1. The van der Waals surface area contributed by atoms with Gasteiger partial charge in [-0.1, -0.05) is 35.8 Å². The summed E-state index contributed by atoms with van der Waals surface area (Å²) in [6, 6.07) is 7.87. The molecule has 0 aliphatic rings. The summed E-state index contributed by atoms with van der Waals surface area (Å²) in [5.41, 5.74) is 3.26. The van der Waals surface area contributed by atoms with Crippen molar-refractivity contribution in [2.45, 2.75) is 33.2 Å². The lowest BCUT2D eigenvalue weighted by atomic mass is 10.00. The lowest BCUT2D eigenvalue weighted by Crippen LogP contribution is -2.40. The third-order valence-electron chi connectivity index (χ3n) is 4.03. The number of hydrogen-bond acceptors (Lipinski definition) is 3. The van der Waals surface area contributed by atoms with Gasteiger partial charge in [0.15, 0.2) is 5.96 Å². The van der Waals surface area contributed by atoms with E-state index < -0.39 is 0 Å². The van der Waals surface area contributed by atoms with Crippen LogP contribution in [0.2, 0.25) is 5.02 Å². The molecule has 0 amide bonds. The maximum Gasteiger partial charge on any atom is 0.193 e. The number of guanidine groups is 1. The standard InChI is InChI=1S/C18H25ClN4O/c1-12(17-13(2)22-24-14(17)3)10-21-18(20-4)23(5)11-15-7-6-8-16(19)9-15/h6-9,12H,10-11H2,1-5H3,(H,20,21). The second-order valence-electron chi connectivity index (χ2n) is 6.05. The van der Waals surface area contributed by atoms with E-state index in [2.05, 4.69) is 33.4 Å². The van der Waals surface area contributed by atoms with Crippen molar-refractivity contribution in [2.75, 3.05) is 20.6 Å². The monoisotopic (exact) mass is 348 g/mol. The molecule has 1 unspecified atom stereocenters. The molecule has 0 fully saturated rings. The second kappa shape index (κ2) is 8.20. The highest BCUT2D eigenvalue weighted by molar-refractivity contribution is 6.30. The Morgan fingerprint density at radius 1 is 1.42 bits per heavy atom. The summed E-state index contributed by atoms with van der Waals surface area (Å²) >= 11 is 6.05. The van der Waals surface area contributed by atoms with Crippen LogP contribution in [0, 0.1) is 13.8 Å². The molecule has 0 saturated heterocycles. The lowest BCUT2D eigenvalue weighted by molar-refractivity contribution is 0.391. The van der Waals surface area contributed by atoms with Crippen LogP contribution in [0.1, 0.15) is 35.4 Å². The zero-order valence-electron chi connectivity index (χ0n) is 14.9. The molecule has 0 spiro atoms. The van der Waals surface area contributed by atoms with Gasteiger partial charge >= 0.3 is 0 Å². The van der Waals surface area contributed by atoms with E-state index in [1.807, 2.05) is 39.1 Å². The topological polar surface area (TPSA) is 53.7 Å². The zero-order chi connectivity index (χ0) is 17.7. The minimum Gasteiger partial charge on any atom is -0.361 e. The van der Waals surface area contributed by atoms with E-state index in [-0.39, 0.29) is 5.92 Å². The summed E-state index contributed by atoms with van der Waals surface area (Å²) in [7, 11) is 3.80. The van der Waals surface area contributed by atoms with Crippen LogP contribution < -0.4 is 5.32 Å². The normalized spacial score (nSPS) is 13.0. The molecule has 24 heavy (non-hydrogen) atoms. The molecule has 6 heteroatoms. The van der Waals surface area contributed by atoms with Crippen molar-refractivity contribution in [2.24, 2.45) is 4.99 Å². The molecule has 1 N–H and O–H groups in total. The Labute approximate surface area is 148 Å². The average molecular weight is 349 g/mol. The quantitative estimate of drug-likeness (QED) is 0.660. The van der Waals surface area contributed by atoms with Gasteiger partial charge in [-0.05, 0) is 31.5 Å². The Hall–Kier alpha value is -2.01. The number of hydrogen-bond donors (Lipinski definition) is 1. The van der Waals surface area contributed by atoms with Gasteiger partial charge in [0.05, 0.1) is 5.69 Å². The van der Waals surface area contributed by atoms with Gasteiger partial charge in [-0.3, -0.25) is 4.99 Å². The number of nitrogens with one attached hydrogen (secondary N) is 1. The van der Waals surface area contributed by atoms with Gasteiger partial charge < -0.3 is 14.7 Å². The van der Waals surface area contributed by atoms with Crippen molar-refractivity contribution < 1.29 is 4.52 Å². The highest BCUT2D eigenvalue weighted by atomic mass is 35.5. The number of halogens is 1. The van der Waals surface area contributed by atoms with Gasteiger partial charge in [0.25, 0.3) is 0 Å². The maximum atomic E-state index is 6.05. The van der Waals surface area contributed by atoms with Crippen molar-refractivity contribution in [3.05, 3.63) is 51.9 Å². The first-order valence-electron chi connectivity index (χ1n) is 8.01. The van der Waals surface area contributed by atoms with Gasteiger partial charge in [-0.15, -0.1) is 0 Å². The van der Waals surface area contributed by atoms with E-state index in [0.29, 0.717) is 0 Å². The molecule has 0 saturated carbocycles. The fourth-order valence-corrected chi connectivity index (χ4v) is 3.12. The van der Waals surface area contributed by atoms with Gasteiger partial charge in [-0.2, -0.15) is 0 Å². The van der Waals surface area contributed by atoms with Crippen LogP contribution >= 0.6 is 11.6 Å². The van der Waals surface area contributed by atoms with E-state index in [4.69, 9.17) is 16.1 Å². The first-order chi connectivity index (χ1) is 11.4. The van der Waals surface area contributed by atoms with Gasteiger partial charge in [0, 0.05) is 43.7 Å². The van der Waals surface area contributed by atoms with E-state index in [1.54, 1.807) is 7.05 Å². The molecule has 0 aliphatic heterocycles. The van der Waals surface area contributed by atoms with Gasteiger partial charge in [0.2, 0.25) is 0 Å². The molecule has 1 aromatic carbocycles. The zero-order valence-corrected chi connectivity index (χ0v) is 15.7. The molecule has 2 aromatic rings. The van der Waals surface area contributed by atoms with Crippen LogP contribution in [0.15, 0.2) is 33.8 Å². The van der Waals surface area contributed by atoms with E-state index >= 15 is 0 Å². The fourth-order valence-electron chi connectivity index (χ4n) is 2.91. The number of aliphatic imine (C=N–C) groups is 1. The molecule has 1 aromatic heterocycles. The summed E-state index contributed by atoms with van der Waals surface area (Å²) in [6.45, 7) is 7.58. The number of benzene rings is 1. The minimum atomic E-state index is 0.285. The average Bonchev–Trinajstić information content (AvgIpc) is 2.86. The molecule has 0 bridgehead atoms. The molecule has 1 heterocycles. The molecule has 1 atom stereocenters. The smallest absolute Gasteiger partial charge is 0.193 e. The maximum absolute atomic E-state index is 6.05. The number of nitrogens with zero attached hydrogens (tertiary/aromatic N) is 3. The first-order valence-corrected chi connectivity index (χ1v) is 8.39. The number of rotatable bonds is 5. The van der Waals surface area contributed by atoms with Crippen LogP contribution in [-0.2, 0) is 6.54 Å². The Morgan fingerprint density at radius 2 is 2.17 bits per heavy atom. The van der Waals surface area contributed by atoms with Crippen LogP contribution in [0.4, 0.5) is 0 Å². The summed E-state index contributed by atoms with van der Waals surface area (Å²) in [4.78, 5) is 6.44. The molecular weight excluding hydrogens is 324 g/mol. The Morgan fingerprint density at radius 3 is 2.75 bits per heavy atom. The third kappa shape index (κ3) is 4.51. The molecule has 0 aliphatic carbocycles. The molecule has 5 nitrogen and oxygen atoms in total. The molecule has 130 valence electrons. The highest BCUT2D eigenvalue weighted by Gasteiger charge is 2.17. The Balaban J connectivity index is 1.97. The molecule has 2 rings (SSSR count). The highest BCUT2D eigenvalue weighted by Crippen LogP contribution is 2.22. The minimum absolute atomic E-state index is 0.285. The van der Waals surface area contributed by atoms with Crippen molar-refractivity contribution >= 4 is 17.6 Å². The number of aromatic nitrogens is 1. The van der Waals surface area contributed by atoms with E-state index in [1.165, 1.54) is 0 Å². The van der Waals surface area contributed by atoms with Crippen LogP contribution in [-0.4, -0.2) is 36.7 Å². The largest absolute Gasteiger partial charge is 0.361 e. The van der Waals surface area contributed by atoms with Crippen molar-refractivity contribution in [3.63, 3.8) is 0 Å². The van der Waals surface area contributed by atoms with Crippen molar-refractivity contribution in [3.8, 4) is 0 Å². The van der Waals surface area contributed by atoms with Crippen molar-refractivity contribution in [1.29, 1.82) is 0 Å². The first kappa shape index (κ1) is 18.3. The van der Waals surface area contributed by atoms with Crippen LogP contribution in [0.3, 0.4) is 0 Å². The predicted molar refractivity (Wildman–Crippen MR) is 98.7 cm³/mol. The predicted octanol–water partition coefficient (Wildman–Crippen LogP) is 3.76. The summed E-state index contributed by atoms with van der Waals surface area (Å²) in [5, 5.41) is 8.19. The molecular formula is C18H25ClN4O. The van der Waals surface area contributed by atoms with E-state index in [0.717, 1.165) is 46.7 Å². The second-order valence-corrected chi connectivity index (χ2v) is 6.49. The van der Waals surface area contributed by atoms with Crippen LogP contribution in [0.5, 0.6) is 0 Å². The Kier molecular flexibility index (Phi) is 6.26. The Bertz CT molecular complexity index is 691. The molecule has 0 radical (unpaired) electrons.